The van der Waals surface area contributed by atoms with Crippen LogP contribution < -0.4 is 10.6 Å². The van der Waals surface area contributed by atoms with Crippen molar-refractivity contribution in [2.45, 2.75) is 22.6 Å². The number of rotatable bonds is 4. The molecule has 0 bridgehead atoms. The summed E-state index contributed by atoms with van der Waals surface area (Å²) in [6, 6.07) is 15.7. The van der Waals surface area contributed by atoms with Crippen molar-refractivity contribution < 1.29 is 4.79 Å². The highest BCUT2D eigenvalue weighted by Crippen LogP contribution is 2.29. The molecule has 0 saturated carbocycles. The molecule has 1 heterocycles. The smallest absolute Gasteiger partial charge is 0.227 e. The minimum atomic E-state index is 0.124. The molecule has 2 aromatic rings. The van der Waals surface area contributed by atoms with E-state index in [1.165, 1.54) is 0 Å². The lowest BCUT2D eigenvalue weighted by atomic mass is 9.97. The Labute approximate surface area is 145 Å². The summed E-state index contributed by atoms with van der Waals surface area (Å²) >= 11 is 7.57. The molecule has 0 aliphatic carbocycles. The van der Waals surface area contributed by atoms with Gasteiger partial charge in [-0.15, -0.1) is 0 Å². The van der Waals surface area contributed by atoms with Crippen LogP contribution >= 0.6 is 23.4 Å². The van der Waals surface area contributed by atoms with Gasteiger partial charge in [0.15, 0.2) is 0 Å². The molecule has 0 unspecified atom stereocenters. The van der Waals surface area contributed by atoms with Gasteiger partial charge in [0.2, 0.25) is 5.91 Å². The highest BCUT2D eigenvalue weighted by Gasteiger charge is 2.20. The van der Waals surface area contributed by atoms with Crippen molar-refractivity contribution in [3.05, 3.63) is 53.6 Å². The Hall–Kier alpha value is -1.49. The quantitative estimate of drug-likeness (QED) is 0.860. The first-order chi connectivity index (χ1) is 11.2. The van der Waals surface area contributed by atoms with Gasteiger partial charge in [-0.1, -0.05) is 23.4 Å². The molecule has 1 saturated heterocycles. The maximum atomic E-state index is 12.2. The zero-order chi connectivity index (χ0) is 16.1. The highest BCUT2D eigenvalue weighted by molar-refractivity contribution is 7.99. The second kappa shape index (κ2) is 7.86. The topological polar surface area (TPSA) is 41.1 Å². The molecule has 0 spiro atoms. The van der Waals surface area contributed by atoms with Crippen LogP contribution in [0.15, 0.2) is 58.3 Å². The number of anilines is 1. The van der Waals surface area contributed by atoms with E-state index in [4.69, 9.17) is 11.6 Å². The van der Waals surface area contributed by atoms with Crippen molar-refractivity contribution in [3.8, 4) is 0 Å². The third-order valence-corrected chi connectivity index (χ3v) is 5.15. The summed E-state index contributed by atoms with van der Waals surface area (Å²) < 4.78 is 0. The molecule has 1 fully saturated rings. The van der Waals surface area contributed by atoms with Gasteiger partial charge in [0.25, 0.3) is 0 Å². The Bertz CT molecular complexity index is 652. The van der Waals surface area contributed by atoms with Gasteiger partial charge in [-0.3, -0.25) is 4.79 Å². The van der Waals surface area contributed by atoms with Gasteiger partial charge in [-0.2, -0.15) is 0 Å². The monoisotopic (exact) mass is 346 g/mol. The fourth-order valence-corrected chi connectivity index (χ4v) is 3.52. The van der Waals surface area contributed by atoms with E-state index in [0.717, 1.165) is 46.4 Å². The summed E-state index contributed by atoms with van der Waals surface area (Å²) in [4.78, 5) is 14.5. The molecule has 120 valence electrons. The van der Waals surface area contributed by atoms with Gasteiger partial charge in [0.05, 0.1) is 0 Å². The lowest BCUT2D eigenvalue weighted by Gasteiger charge is -2.21. The molecule has 0 atom stereocenters. The van der Waals surface area contributed by atoms with Gasteiger partial charge in [-0.05, 0) is 74.5 Å². The van der Waals surface area contributed by atoms with Crippen LogP contribution in [0.4, 0.5) is 5.69 Å². The van der Waals surface area contributed by atoms with Crippen molar-refractivity contribution in [1.82, 2.24) is 5.32 Å². The average Bonchev–Trinajstić information content (AvgIpc) is 2.59. The van der Waals surface area contributed by atoms with Crippen LogP contribution in [0.2, 0.25) is 5.02 Å². The third-order valence-electron chi connectivity index (χ3n) is 3.88. The number of benzene rings is 2. The summed E-state index contributed by atoms with van der Waals surface area (Å²) in [6.45, 7) is 1.85. The molecule has 1 amide bonds. The summed E-state index contributed by atoms with van der Waals surface area (Å²) in [5.74, 6) is 0.254. The molecule has 23 heavy (non-hydrogen) atoms. The molecule has 0 radical (unpaired) electrons. The first kappa shape index (κ1) is 16.4. The van der Waals surface area contributed by atoms with E-state index in [-0.39, 0.29) is 11.8 Å². The van der Waals surface area contributed by atoms with Crippen LogP contribution in [0.25, 0.3) is 0 Å². The first-order valence-electron chi connectivity index (χ1n) is 7.76. The fourth-order valence-electron chi connectivity index (χ4n) is 2.57. The number of hydrogen-bond acceptors (Lipinski definition) is 3. The van der Waals surface area contributed by atoms with E-state index in [0.29, 0.717) is 0 Å². The van der Waals surface area contributed by atoms with Crippen molar-refractivity contribution in [1.29, 1.82) is 0 Å². The SMILES string of the molecule is O=C(Nc1ccc(Sc2ccc(Cl)cc2)cc1)C1CCNCC1. The predicted molar refractivity (Wildman–Crippen MR) is 96.2 cm³/mol. The largest absolute Gasteiger partial charge is 0.326 e. The molecule has 5 heteroatoms. The zero-order valence-corrected chi connectivity index (χ0v) is 14.3. The molecule has 2 N–H and O–H groups in total. The maximum Gasteiger partial charge on any atom is 0.227 e. The number of hydrogen-bond donors (Lipinski definition) is 2. The average molecular weight is 347 g/mol. The maximum absolute atomic E-state index is 12.2. The summed E-state index contributed by atoms with van der Waals surface area (Å²) in [5, 5.41) is 7.03. The summed E-state index contributed by atoms with van der Waals surface area (Å²) in [5.41, 5.74) is 0.856. The lowest BCUT2D eigenvalue weighted by molar-refractivity contribution is -0.120. The van der Waals surface area contributed by atoms with E-state index in [2.05, 4.69) is 10.6 Å². The molecule has 1 aliphatic heterocycles. The van der Waals surface area contributed by atoms with E-state index in [1.807, 2.05) is 48.5 Å². The number of piperidine rings is 1. The van der Waals surface area contributed by atoms with Gasteiger partial charge >= 0.3 is 0 Å². The highest BCUT2D eigenvalue weighted by atomic mass is 35.5. The zero-order valence-electron chi connectivity index (χ0n) is 12.7. The van der Waals surface area contributed by atoms with Gasteiger partial charge in [-0.25, -0.2) is 0 Å². The molecule has 3 nitrogen and oxygen atoms in total. The third kappa shape index (κ3) is 4.74. The van der Waals surface area contributed by atoms with E-state index in [1.54, 1.807) is 11.8 Å². The number of nitrogens with one attached hydrogen (secondary N) is 2. The van der Waals surface area contributed by atoms with Crippen molar-refractivity contribution in [2.24, 2.45) is 5.92 Å². The van der Waals surface area contributed by atoms with Crippen molar-refractivity contribution in [3.63, 3.8) is 0 Å². The van der Waals surface area contributed by atoms with Crippen LogP contribution in [0.1, 0.15) is 12.8 Å². The lowest BCUT2D eigenvalue weighted by Crippen LogP contribution is -2.34. The van der Waals surface area contributed by atoms with Crippen molar-refractivity contribution in [2.75, 3.05) is 18.4 Å². The molecule has 2 aromatic carbocycles. The van der Waals surface area contributed by atoms with Crippen LogP contribution in [0.3, 0.4) is 0 Å². The summed E-state index contributed by atoms with van der Waals surface area (Å²) in [7, 11) is 0. The minimum Gasteiger partial charge on any atom is -0.326 e. The van der Waals surface area contributed by atoms with E-state index < -0.39 is 0 Å². The molecule has 0 aromatic heterocycles. The standard InChI is InChI=1S/C18H19ClN2OS/c19-14-1-5-16(6-2-14)23-17-7-3-15(4-8-17)21-18(22)13-9-11-20-12-10-13/h1-8,13,20H,9-12H2,(H,21,22). The number of halogens is 1. The molecule has 3 rings (SSSR count). The second-order valence-electron chi connectivity index (χ2n) is 5.59. The Morgan fingerprint density at radius 3 is 2.17 bits per heavy atom. The van der Waals surface area contributed by atoms with Crippen LogP contribution in [-0.4, -0.2) is 19.0 Å². The molecular weight excluding hydrogens is 328 g/mol. The van der Waals surface area contributed by atoms with Gasteiger partial charge in [0, 0.05) is 26.4 Å². The fraction of sp³-hybridized carbons (Fsp3) is 0.278. The minimum absolute atomic E-state index is 0.124. The van der Waals surface area contributed by atoms with Crippen LogP contribution in [-0.2, 0) is 4.79 Å². The van der Waals surface area contributed by atoms with Gasteiger partial charge in [0.1, 0.15) is 0 Å². The molecule has 1 aliphatic rings. The van der Waals surface area contributed by atoms with E-state index >= 15 is 0 Å². The number of amides is 1. The Balaban J connectivity index is 1.58. The Morgan fingerprint density at radius 1 is 1.00 bits per heavy atom. The van der Waals surface area contributed by atoms with E-state index in [9.17, 15) is 4.79 Å². The number of carbonyl (C=O) groups excluding carboxylic acids is 1. The second-order valence-corrected chi connectivity index (χ2v) is 7.18. The number of carbonyl (C=O) groups is 1. The summed E-state index contributed by atoms with van der Waals surface area (Å²) in [6.07, 6.45) is 1.83. The Morgan fingerprint density at radius 2 is 1.57 bits per heavy atom. The van der Waals surface area contributed by atoms with Crippen molar-refractivity contribution >= 4 is 35.0 Å². The normalized spacial score (nSPS) is 15.3. The van der Waals surface area contributed by atoms with Crippen LogP contribution in [0, 0.1) is 5.92 Å². The van der Waals surface area contributed by atoms with Crippen LogP contribution in [0.5, 0.6) is 0 Å². The Kier molecular flexibility index (Phi) is 5.60. The van der Waals surface area contributed by atoms with Gasteiger partial charge < -0.3 is 10.6 Å². The first-order valence-corrected chi connectivity index (χ1v) is 8.95. The predicted octanol–water partition coefficient (Wildman–Crippen LogP) is 4.43. The molecular formula is C18H19ClN2OS.